The molecule has 0 spiro atoms. The molecule has 0 bridgehead atoms. The summed E-state index contributed by atoms with van der Waals surface area (Å²) in [6, 6.07) is 12.0. The lowest BCUT2D eigenvalue weighted by atomic mass is 10.1. The van der Waals surface area contributed by atoms with Crippen LogP contribution >= 0.6 is 11.6 Å². The van der Waals surface area contributed by atoms with Gasteiger partial charge < -0.3 is 10.2 Å². The van der Waals surface area contributed by atoms with Crippen LogP contribution < -0.4 is 9.62 Å². The van der Waals surface area contributed by atoms with E-state index < -0.39 is 22.0 Å². The number of hydrogen-bond donors (Lipinski definition) is 1. The molecular weight excluding hydrogens is 438 g/mol. The van der Waals surface area contributed by atoms with Crippen molar-refractivity contribution >= 4 is 44.8 Å². The predicted molar refractivity (Wildman–Crippen MR) is 125 cm³/mol. The fourth-order valence-corrected chi connectivity index (χ4v) is 4.74. The highest BCUT2D eigenvalue weighted by molar-refractivity contribution is 7.92. The second-order valence-electron chi connectivity index (χ2n) is 6.98. The quantitative estimate of drug-likeness (QED) is 0.606. The van der Waals surface area contributed by atoms with Crippen LogP contribution in [0.15, 0.2) is 48.5 Å². The highest BCUT2D eigenvalue weighted by Crippen LogP contribution is 2.26. The van der Waals surface area contributed by atoms with Crippen LogP contribution in [-0.2, 0) is 14.8 Å². The summed E-state index contributed by atoms with van der Waals surface area (Å²) in [4.78, 5) is 27.7. The third kappa shape index (κ3) is 5.98. The molecule has 0 saturated carbocycles. The van der Waals surface area contributed by atoms with Gasteiger partial charge in [0.25, 0.3) is 5.91 Å². The molecule has 2 aromatic carbocycles. The lowest BCUT2D eigenvalue weighted by Gasteiger charge is -2.30. The minimum absolute atomic E-state index is 0.205. The first kappa shape index (κ1) is 24.7. The van der Waals surface area contributed by atoms with Crippen molar-refractivity contribution in [3.05, 3.63) is 59.1 Å². The Balaban J connectivity index is 2.42. The van der Waals surface area contributed by atoms with Crippen molar-refractivity contribution in [1.29, 1.82) is 0 Å². The number of nitrogens with zero attached hydrogens (tertiary/aromatic N) is 2. The molecule has 7 nitrogen and oxygen atoms in total. The van der Waals surface area contributed by atoms with Gasteiger partial charge >= 0.3 is 0 Å². The Morgan fingerprint density at radius 3 is 2.23 bits per heavy atom. The molecule has 0 aliphatic rings. The molecule has 0 aromatic heterocycles. The van der Waals surface area contributed by atoms with Gasteiger partial charge in [-0.25, -0.2) is 8.42 Å². The zero-order valence-electron chi connectivity index (χ0n) is 18.1. The Kier molecular flexibility index (Phi) is 8.47. The van der Waals surface area contributed by atoms with E-state index in [9.17, 15) is 18.0 Å². The number of hydrogen-bond acceptors (Lipinski definition) is 4. The van der Waals surface area contributed by atoms with Gasteiger partial charge in [-0.15, -0.1) is 0 Å². The summed E-state index contributed by atoms with van der Waals surface area (Å²) in [5.41, 5.74) is 0.981. The van der Waals surface area contributed by atoms with Gasteiger partial charge in [0.15, 0.2) is 0 Å². The molecule has 2 amide bonds. The van der Waals surface area contributed by atoms with E-state index in [0.29, 0.717) is 35.1 Å². The number of rotatable bonds is 9. The molecule has 168 valence electrons. The topological polar surface area (TPSA) is 86.8 Å². The zero-order valence-corrected chi connectivity index (χ0v) is 19.7. The van der Waals surface area contributed by atoms with Gasteiger partial charge in [0, 0.05) is 18.1 Å². The molecule has 1 N–H and O–H groups in total. The summed E-state index contributed by atoms with van der Waals surface area (Å²) in [6.45, 7) is 6.55. The number of carbonyl (C=O) groups is 2. The van der Waals surface area contributed by atoms with Crippen LogP contribution in [-0.4, -0.2) is 50.5 Å². The molecule has 0 heterocycles. The second-order valence-corrected chi connectivity index (χ2v) is 9.27. The Bertz CT molecular complexity index is 1040. The molecule has 2 aromatic rings. The number of sulfonamides is 1. The van der Waals surface area contributed by atoms with Crippen molar-refractivity contribution in [1.82, 2.24) is 4.90 Å². The molecule has 0 aliphatic carbocycles. The summed E-state index contributed by atoms with van der Waals surface area (Å²) in [5, 5.41) is 3.11. The smallest absolute Gasteiger partial charge is 0.255 e. The van der Waals surface area contributed by atoms with E-state index in [1.54, 1.807) is 54.3 Å². The van der Waals surface area contributed by atoms with Crippen LogP contribution in [0.3, 0.4) is 0 Å². The average molecular weight is 466 g/mol. The van der Waals surface area contributed by atoms with E-state index in [2.05, 4.69) is 5.32 Å². The Hall–Kier alpha value is -2.58. The number of halogens is 1. The summed E-state index contributed by atoms with van der Waals surface area (Å²) < 4.78 is 26.2. The van der Waals surface area contributed by atoms with Crippen LogP contribution in [0.2, 0.25) is 5.02 Å². The number of para-hydroxylation sites is 1. The number of amides is 2. The second kappa shape index (κ2) is 10.6. The van der Waals surface area contributed by atoms with Crippen molar-refractivity contribution in [2.45, 2.75) is 33.2 Å². The largest absolute Gasteiger partial charge is 0.339 e. The SMILES string of the molecule is CCC(C(=O)Nc1ccccc1C(=O)N(CC)CC)N(c1cccc(Cl)c1)S(C)(=O)=O. The Morgan fingerprint density at radius 1 is 1.03 bits per heavy atom. The molecule has 0 aliphatic heterocycles. The van der Waals surface area contributed by atoms with E-state index >= 15 is 0 Å². The van der Waals surface area contributed by atoms with E-state index in [4.69, 9.17) is 11.6 Å². The van der Waals surface area contributed by atoms with Gasteiger partial charge in [-0.3, -0.25) is 13.9 Å². The Labute approximate surface area is 189 Å². The third-order valence-electron chi connectivity index (χ3n) is 4.86. The first-order chi connectivity index (χ1) is 14.6. The van der Waals surface area contributed by atoms with Crippen LogP contribution in [0.1, 0.15) is 37.6 Å². The van der Waals surface area contributed by atoms with Gasteiger partial charge in [-0.05, 0) is 50.6 Å². The van der Waals surface area contributed by atoms with Crippen LogP contribution in [0, 0.1) is 0 Å². The zero-order chi connectivity index (χ0) is 23.2. The van der Waals surface area contributed by atoms with Crippen LogP contribution in [0.5, 0.6) is 0 Å². The van der Waals surface area contributed by atoms with Gasteiger partial charge in [0.1, 0.15) is 6.04 Å². The monoisotopic (exact) mass is 465 g/mol. The number of anilines is 2. The maximum Gasteiger partial charge on any atom is 0.255 e. The van der Waals surface area contributed by atoms with Crippen molar-refractivity contribution in [2.24, 2.45) is 0 Å². The van der Waals surface area contributed by atoms with Crippen LogP contribution in [0.4, 0.5) is 11.4 Å². The predicted octanol–water partition coefficient (Wildman–Crippen LogP) is 4.01. The lowest BCUT2D eigenvalue weighted by molar-refractivity contribution is -0.117. The maximum atomic E-state index is 13.2. The first-order valence-electron chi connectivity index (χ1n) is 10.1. The Morgan fingerprint density at radius 2 is 1.68 bits per heavy atom. The maximum absolute atomic E-state index is 13.2. The number of carbonyl (C=O) groups excluding carboxylic acids is 2. The summed E-state index contributed by atoms with van der Waals surface area (Å²) >= 11 is 6.04. The summed E-state index contributed by atoms with van der Waals surface area (Å²) in [6.07, 6.45) is 1.26. The molecule has 0 fully saturated rings. The van der Waals surface area contributed by atoms with Gasteiger partial charge in [-0.1, -0.05) is 36.7 Å². The van der Waals surface area contributed by atoms with Crippen LogP contribution in [0.25, 0.3) is 0 Å². The molecule has 1 atom stereocenters. The molecule has 1 unspecified atom stereocenters. The van der Waals surface area contributed by atoms with E-state index in [-0.39, 0.29) is 12.3 Å². The van der Waals surface area contributed by atoms with Crippen molar-refractivity contribution in [3.8, 4) is 0 Å². The van der Waals surface area contributed by atoms with Gasteiger partial charge in [0.05, 0.1) is 23.2 Å². The normalized spacial score (nSPS) is 12.2. The molecule has 0 saturated heterocycles. The molecular formula is C22H28ClN3O4S. The number of benzene rings is 2. The average Bonchev–Trinajstić information content (AvgIpc) is 2.72. The minimum Gasteiger partial charge on any atom is -0.339 e. The highest BCUT2D eigenvalue weighted by atomic mass is 35.5. The highest BCUT2D eigenvalue weighted by Gasteiger charge is 2.32. The molecule has 2 rings (SSSR count). The van der Waals surface area contributed by atoms with Crippen molar-refractivity contribution in [3.63, 3.8) is 0 Å². The van der Waals surface area contributed by atoms with Crippen molar-refractivity contribution in [2.75, 3.05) is 29.0 Å². The molecule has 31 heavy (non-hydrogen) atoms. The fourth-order valence-electron chi connectivity index (χ4n) is 3.35. The fraction of sp³-hybridized carbons (Fsp3) is 0.364. The lowest BCUT2D eigenvalue weighted by Crippen LogP contribution is -2.47. The van der Waals surface area contributed by atoms with Gasteiger partial charge in [0.2, 0.25) is 15.9 Å². The van der Waals surface area contributed by atoms with E-state index in [0.717, 1.165) is 10.6 Å². The minimum atomic E-state index is -3.79. The van der Waals surface area contributed by atoms with E-state index in [1.165, 1.54) is 6.07 Å². The summed E-state index contributed by atoms with van der Waals surface area (Å²) in [7, 11) is -3.79. The standard InChI is InChI=1S/C22H28ClN3O4S/c1-5-20(26(31(4,29)30)17-12-10-11-16(23)15-17)21(27)24-19-14-9-8-13-18(19)22(28)25(6-2)7-3/h8-15,20H,5-7H2,1-4H3,(H,24,27). The third-order valence-corrected chi connectivity index (χ3v) is 6.27. The molecule has 0 radical (unpaired) electrons. The van der Waals surface area contributed by atoms with E-state index in [1.807, 2.05) is 13.8 Å². The first-order valence-corrected chi connectivity index (χ1v) is 12.3. The van der Waals surface area contributed by atoms with Gasteiger partial charge in [-0.2, -0.15) is 0 Å². The summed E-state index contributed by atoms with van der Waals surface area (Å²) in [5.74, 6) is -0.739. The number of nitrogens with one attached hydrogen (secondary N) is 1. The molecule has 9 heteroatoms. The van der Waals surface area contributed by atoms with Crippen molar-refractivity contribution < 1.29 is 18.0 Å².